The maximum absolute atomic E-state index is 4.01. The van der Waals surface area contributed by atoms with Gasteiger partial charge < -0.3 is 5.32 Å². The molecule has 7 aliphatic rings. The van der Waals surface area contributed by atoms with Crippen molar-refractivity contribution in [3.8, 4) is 22.3 Å². The number of benzene rings is 5. The molecule has 5 aromatic carbocycles. The highest BCUT2D eigenvalue weighted by Crippen LogP contribution is 2.66. The van der Waals surface area contributed by atoms with Crippen molar-refractivity contribution in [2.45, 2.75) is 106 Å². The zero-order valence-electron chi connectivity index (χ0n) is 35.1. The molecule has 61 heavy (non-hydrogen) atoms. The first-order chi connectivity index (χ1) is 30.2. The summed E-state index contributed by atoms with van der Waals surface area (Å²) in [6.45, 7) is 0. The standard InChI is InChI=1S/C58H54N2S/c1-4-15-40(16-5-1)54-53-44-18-7-9-22-51(44)61-56(53)60-55(59-54)41-29-25-38(26-30-41)37-23-27-39(28-24-37)42-19-14-21-48-52(42)46-36-49-45(35-50(46)58(48)33-12-3-13-34-58)43-17-6-8-20-47(43)57(49)31-10-2-11-32-57/h1,4-6,8,14-30,35-36,45,49,54-55,59-60H,2-3,7,9-13,31-34H2. The van der Waals surface area contributed by atoms with Gasteiger partial charge in [-0.1, -0.05) is 184 Å². The Kier molecular flexibility index (Phi) is 8.46. The smallest absolute Gasteiger partial charge is 0.105 e. The molecule has 0 bridgehead atoms. The van der Waals surface area contributed by atoms with E-state index in [0.29, 0.717) is 11.8 Å². The average Bonchev–Trinajstić information content (AvgIpc) is 3.93. The molecular weight excluding hydrogens is 757 g/mol. The van der Waals surface area contributed by atoms with Crippen LogP contribution in [0.1, 0.15) is 134 Å². The normalized spacial score (nSPS) is 24.7. The van der Waals surface area contributed by atoms with Gasteiger partial charge in [-0.3, -0.25) is 5.32 Å². The summed E-state index contributed by atoms with van der Waals surface area (Å²) in [6.07, 6.45) is 26.1. The molecule has 2 nitrogen and oxygen atoms in total. The minimum absolute atomic E-state index is 0.0246. The predicted molar refractivity (Wildman–Crippen MR) is 255 cm³/mol. The summed E-state index contributed by atoms with van der Waals surface area (Å²) in [5.41, 5.74) is 19.4. The minimum Gasteiger partial charge on any atom is -0.357 e. The lowest BCUT2D eigenvalue weighted by Gasteiger charge is -2.43. The molecule has 0 saturated heterocycles. The summed E-state index contributed by atoms with van der Waals surface area (Å²) < 4.78 is 1.41. The number of fused-ring (bicyclic) bond motifs is 13. The Labute approximate surface area is 364 Å². The third kappa shape index (κ3) is 5.49. The molecule has 1 aromatic heterocycles. The molecule has 2 spiro atoms. The van der Waals surface area contributed by atoms with E-state index in [2.05, 4.69) is 156 Å². The second-order valence-electron chi connectivity index (χ2n) is 19.3. The van der Waals surface area contributed by atoms with E-state index in [1.54, 1.807) is 33.4 Å². The van der Waals surface area contributed by atoms with E-state index >= 15 is 0 Å². The first-order valence-electron chi connectivity index (χ1n) is 23.5. The molecule has 4 unspecified atom stereocenters. The molecule has 1 aliphatic heterocycles. The number of thiophene rings is 1. The number of rotatable bonds is 4. The van der Waals surface area contributed by atoms with Crippen LogP contribution in [-0.4, -0.2) is 0 Å². The molecule has 6 aliphatic carbocycles. The van der Waals surface area contributed by atoms with Crippen LogP contribution < -0.4 is 20.4 Å². The average molecular weight is 811 g/mol. The largest absolute Gasteiger partial charge is 0.357 e. The van der Waals surface area contributed by atoms with Crippen molar-refractivity contribution < 1.29 is 0 Å². The first kappa shape index (κ1) is 36.4. The van der Waals surface area contributed by atoms with Gasteiger partial charge in [-0.2, -0.15) is 0 Å². The van der Waals surface area contributed by atoms with E-state index < -0.39 is 0 Å². The molecular formula is C58H54N2S. The highest BCUT2D eigenvalue weighted by atomic mass is 32.1. The van der Waals surface area contributed by atoms with Crippen LogP contribution in [0.3, 0.4) is 0 Å². The third-order valence-electron chi connectivity index (χ3n) is 16.3. The van der Waals surface area contributed by atoms with Crippen molar-refractivity contribution in [2.24, 2.45) is 5.92 Å². The van der Waals surface area contributed by atoms with Crippen molar-refractivity contribution in [2.75, 3.05) is 5.32 Å². The fourth-order valence-corrected chi connectivity index (χ4v) is 14.8. The summed E-state index contributed by atoms with van der Waals surface area (Å²) >= 11 is 1.92. The van der Waals surface area contributed by atoms with Gasteiger partial charge in [0.2, 0.25) is 0 Å². The van der Waals surface area contributed by atoms with Gasteiger partial charge in [0.05, 0.1) is 11.0 Å². The molecule has 2 saturated carbocycles. The van der Waals surface area contributed by atoms with E-state index in [0.717, 1.165) is 12.8 Å². The Morgan fingerprint density at radius 1 is 0.574 bits per heavy atom. The number of nitrogens with one attached hydrogen (secondary N) is 2. The van der Waals surface area contributed by atoms with E-state index in [9.17, 15) is 0 Å². The second kappa shape index (κ2) is 14.2. The molecule has 2 N–H and O–H groups in total. The van der Waals surface area contributed by atoms with Crippen LogP contribution in [0.5, 0.6) is 0 Å². The van der Waals surface area contributed by atoms with Crippen LogP contribution in [0, 0.1) is 5.92 Å². The lowest BCUT2D eigenvalue weighted by Crippen LogP contribution is -2.40. The van der Waals surface area contributed by atoms with Gasteiger partial charge in [-0.25, -0.2) is 0 Å². The number of anilines is 1. The maximum Gasteiger partial charge on any atom is 0.105 e. The van der Waals surface area contributed by atoms with Crippen molar-refractivity contribution in [1.82, 2.24) is 5.32 Å². The molecule has 302 valence electrons. The molecule has 4 atom stereocenters. The summed E-state index contributed by atoms with van der Waals surface area (Å²) in [7, 11) is 0. The molecule has 0 amide bonds. The van der Waals surface area contributed by atoms with Crippen molar-refractivity contribution in [3.63, 3.8) is 0 Å². The zero-order chi connectivity index (χ0) is 40.1. The highest BCUT2D eigenvalue weighted by Gasteiger charge is 2.55. The topological polar surface area (TPSA) is 24.1 Å². The van der Waals surface area contributed by atoms with Crippen molar-refractivity contribution >= 4 is 34.1 Å². The van der Waals surface area contributed by atoms with Gasteiger partial charge in [0, 0.05) is 26.8 Å². The predicted octanol–water partition coefficient (Wildman–Crippen LogP) is 13.4. The molecule has 13 rings (SSSR count). The van der Waals surface area contributed by atoms with Crippen LogP contribution in [0.15, 0.2) is 139 Å². The Morgan fingerprint density at radius 3 is 2.07 bits per heavy atom. The molecule has 2 heterocycles. The van der Waals surface area contributed by atoms with Crippen molar-refractivity contribution in [3.05, 3.63) is 188 Å². The van der Waals surface area contributed by atoms with E-state index in [-0.39, 0.29) is 23.0 Å². The quantitative estimate of drug-likeness (QED) is 0.185. The van der Waals surface area contributed by atoms with Gasteiger partial charge in [0.25, 0.3) is 0 Å². The highest BCUT2D eigenvalue weighted by molar-refractivity contribution is 7.14. The summed E-state index contributed by atoms with van der Waals surface area (Å²) in [6, 6.07) is 46.8. The maximum atomic E-state index is 4.01. The summed E-state index contributed by atoms with van der Waals surface area (Å²) in [5.74, 6) is 1.05. The van der Waals surface area contributed by atoms with Gasteiger partial charge in [-0.15, -0.1) is 11.3 Å². The lowest BCUT2D eigenvalue weighted by atomic mass is 9.61. The number of hydrogen-bond acceptors (Lipinski definition) is 3. The Hall–Kier alpha value is -5.22. The first-order valence-corrected chi connectivity index (χ1v) is 24.3. The SMILES string of the molecule is C1=C2C(=CC3c4ccccc4C4(CCCCC4)C13)C1(CCCCC1)c1cccc(-c3ccc(-c4ccc(C5Nc6sc7c(c6C(c6ccccc6)N5)=CCCC=7)cc4)cc3)c12. The van der Waals surface area contributed by atoms with Crippen LogP contribution in [0.2, 0.25) is 0 Å². The number of allylic oxidation sites excluding steroid dienone is 4. The van der Waals surface area contributed by atoms with E-state index in [1.807, 2.05) is 11.3 Å². The zero-order valence-corrected chi connectivity index (χ0v) is 35.9. The van der Waals surface area contributed by atoms with Gasteiger partial charge in [0.15, 0.2) is 0 Å². The van der Waals surface area contributed by atoms with Gasteiger partial charge in [-0.05, 0) is 116 Å². The summed E-state index contributed by atoms with van der Waals surface area (Å²) in [4.78, 5) is 0. The molecule has 6 aromatic rings. The van der Waals surface area contributed by atoms with Crippen LogP contribution in [-0.2, 0) is 10.8 Å². The molecule has 0 radical (unpaired) electrons. The minimum atomic E-state index is 0.0246. The van der Waals surface area contributed by atoms with Gasteiger partial charge >= 0.3 is 0 Å². The Bertz CT molecular complexity index is 2880. The van der Waals surface area contributed by atoms with Crippen molar-refractivity contribution in [1.29, 1.82) is 0 Å². The monoisotopic (exact) mass is 810 g/mol. The van der Waals surface area contributed by atoms with Gasteiger partial charge in [0.1, 0.15) is 6.17 Å². The molecule has 3 heteroatoms. The van der Waals surface area contributed by atoms with E-state index in [4.69, 9.17) is 0 Å². The number of hydrogen-bond donors (Lipinski definition) is 2. The Morgan fingerprint density at radius 2 is 1.26 bits per heavy atom. The van der Waals surface area contributed by atoms with Crippen LogP contribution in [0.4, 0.5) is 5.00 Å². The fraction of sp³-hybridized carbons (Fsp3) is 0.310. The lowest BCUT2D eigenvalue weighted by molar-refractivity contribution is 0.232. The third-order valence-corrected chi connectivity index (χ3v) is 17.5. The van der Waals surface area contributed by atoms with Crippen LogP contribution >= 0.6 is 11.3 Å². The summed E-state index contributed by atoms with van der Waals surface area (Å²) in [5, 5.41) is 10.6. The van der Waals surface area contributed by atoms with Crippen LogP contribution in [0.25, 0.3) is 40.0 Å². The second-order valence-corrected chi connectivity index (χ2v) is 20.3. The Balaban J connectivity index is 0.838. The fourth-order valence-electron chi connectivity index (χ4n) is 13.6. The molecule has 2 fully saturated rings. The van der Waals surface area contributed by atoms with E-state index in [1.165, 1.54) is 118 Å².